The highest BCUT2D eigenvalue weighted by molar-refractivity contribution is 5.93. The van der Waals surface area contributed by atoms with Crippen LogP contribution in [0.25, 0.3) is 28.0 Å². The number of methoxy groups -OCH3 is 1. The molecule has 0 saturated heterocycles. The van der Waals surface area contributed by atoms with Crippen molar-refractivity contribution in [3.63, 3.8) is 0 Å². The molecule has 4 rings (SSSR count). The Balaban J connectivity index is 1.85. The Morgan fingerprint density at radius 2 is 1.92 bits per heavy atom. The van der Waals surface area contributed by atoms with Gasteiger partial charge in [0.1, 0.15) is 11.3 Å². The third-order valence-electron chi connectivity index (χ3n) is 4.34. The second-order valence-corrected chi connectivity index (χ2v) is 5.87. The van der Waals surface area contributed by atoms with E-state index in [1.54, 1.807) is 32.6 Å². The summed E-state index contributed by atoms with van der Waals surface area (Å²) >= 11 is 0. The van der Waals surface area contributed by atoms with Gasteiger partial charge in [0.25, 0.3) is 5.91 Å². The fourth-order valence-electron chi connectivity index (χ4n) is 3.04. The number of carbonyl (C=O) groups is 1. The lowest BCUT2D eigenvalue weighted by Crippen LogP contribution is -2.17. The highest BCUT2D eigenvalue weighted by Gasteiger charge is 2.15. The normalized spacial score (nSPS) is 10.8. The standard InChI is InChI=1S/C20H18N4O2/c1-21-20(25)16-8-15(11-22-16)17-12-23-18-9-14(10-19(26-2)24(17)18)13-6-4-3-5-7-13/h3-12,22H,1-2H3,(H,21,25). The molecule has 1 aromatic carbocycles. The van der Waals surface area contributed by atoms with Crippen molar-refractivity contribution in [2.24, 2.45) is 0 Å². The van der Waals surface area contributed by atoms with Gasteiger partial charge in [-0.25, -0.2) is 4.98 Å². The van der Waals surface area contributed by atoms with Crippen molar-refractivity contribution in [3.8, 4) is 28.3 Å². The van der Waals surface area contributed by atoms with Gasteiger partial charge in [0, 0.05) is 24.9 Å². The minimum atomic E-state index is -0.164. The van der Waals surface area contributed by atoms with Gasteiger partial charge in [0.15, 0.2) is 5.88 Å². The summed E-state index contributed by atoms with van der Waals surface area (Å²) in [5, 5.41) is 2.61. The van der Waals surface area contributed by atoms with Crippen molar-refractivity contribution in [1.29, 1.82) is 0 Å². The van der Waals surface area contributed by atoms with E-state index >= 15 is 0 Å². The van der Waals surface area contributed by atoms with Crippen LogP contribution in [0.5, 0.6) is 5.88 Å². The first-order valence-corrected chi connectivity index (χ1v) is 8.23. The average molecular weight is 346 g/mol. The number of imidazole rings is 1. The molecule has 2 N–H and O–H groups in total. The Morgan fingerprint density at radius 1 is 1.12 bits per heavy atom. The van der Waals surface area contributed by atoms with Gasteiger partial charge in [-0.15, -0.1) is 0 Å². The van der Waals surface area contributed by atoms with Crippen LogP contribution in [0.3, 0.4) is 0 Å². The van der Waals surface area contributed by atoms with E-state index in [0.717, 1.165) is 28.0 Å². The molecule has 0 spiro atoms. The SMILES string of the molecule is CNC(=O)c1cc(-c2cnc3cc(-c4ccccc4)cc(OC)n23)c[nH]1. The minimum absolute atomic E-state index is 0.164. The van der Waals surface area contributed by atoms with E-state index in [1.165, 1.54) is 0 Å². The van der Waals surface area contributed by atoms with Crippen molar-refractivity contribution >= 4 is 11.6 Å². The molecule has 3 heterocycles. The Kier molecular flexibility index (Phi) is 3.93. The van der Waals surface area contributed by atoms with Gasteiger partial charge in [0.05, 0.1) is 19.0 Å². The molecule has 3 aromatic heterocycles. The first-order chi connectivity index (χ1) is 12.7. The van der Waals surface area contributed by atoms with Gasteiger partial charge < -0.3 is 15.0 Å². The van der Waals surface area contributed by atoms with Crippen LogP contribution in [0.2, 0.25) is 0 Å². The zero-order valence-electron chi connectivity index (χ0n) is 14.5. The molecule has 26 heavy (non-hydrogen) atoms. The second-order valence-electron chi connectivity index (χ2n) is 5.87. The molecule has 0 atom stereocenters. The second kappa shape index (κ2) is 6.40. The lowest BCUT2D eigenvalue weighted by Gasteiger charge is -2.10. The molecule has 6 nitrogen and oxygen atoms in total. The van der Waals surface area contributed by atoms with Crippen molar-refractivity contribution in [2.45, 2.75) is 0 Å². The van der Waals surface area contributed by atoms with E-state index in [2.05, 4.69) is 27.4 Å². The highest BCUT2D eigenvalue weighted by atomic mass is 16.5. The minimum Gasteiger partial charge on any atom is -0.482 e. The number of carbonyl (C=O) groups excluding carboxylic acids is 1. The van der Waals surface area contributed by atoms with Crippen LogP contribution >= 0.6 is 0 Å². The lowest BCUT2D eigenvalue weighted by atomic mass is 10.1. The molecule has 0 aliphatic carbocycles. The highest BCUT2D eigenvalue weighted by Crippen LogP contribution is 2.31. The first kappa shape index (κ1) is 16.0. The van der Waals surface area contributed by atoms with Crippen LogP contribution in [-0.2, 0) is 0 Å². The summed E-state index contributed by atoms with van der Waals surface area (Å²) in [6.07, 6.45) is 3.57. The average Bonchev–Trinajstić information content (AvgIpc) is 3.34. The number of nitrogens with one attached hydrogen (secondary N) is 2. The third kappa shape index (κ3) is 2.61. The molecular formula is C20H18N4O2. The first-order valence-electron chi connectivity index (χ1n) is 8.23. The number of pyridine rings is 1. The maximum atomic E-state index is 11.8. The van der Waals surface area contributed by atoms with Crippen LogP contribution in [0.1, 0.15) is 10.5 Å². The number of hydrogen-bond donors (Lipinski definition) is 2. The van der Waals surface area contributed by atoms with Gasteiger partial charge in [-0.2, -0.15) is 0 Å². The number of nitrogens with zero attached hydrogens (tertiary/aromatic N) is 2. The van der Waals surface area contributed by atoms with E-state index in [9.17, 15) is 4.79 Å². The molecular weight excluding hydrogens is 328 g/mol. The van der Waals surface area contributed by atoms with E-state index in [-0.39, 0.29) is 5.91 Å². The molecule has 0 fully saturated rings. The topological polar surface area (TPSA) is 71.4 Å². The lowest BCUT2D eigenvalue weighted by molar-refractivity contribution is 0.0959. The quantitative estimate of drug-likeness (QED) is 0.595. The number of aromatic nitrogens is 3. The predicted molar refractivity (Wildman–Crippen MR) is 100 cm³/mol. The summed E-state index contributed by atoms with van der Waals surface area (Å²) in [6.45, 7) is 0. The molecule has 0 saturated carbocycles. The van der Waals surface area contributed by atoms with Gasteiger partial charge in [-0.05, 0) is 23.3 Å². The number of rotatable bonds is 4. The van der Waals surface area contributed by atoms with Crippen molar-refractivity contribution < 1.29 is 9.53 Å². The third-order valence-corrected chi connectivity index (χ3v) is 4.34. The molecule has 1 amide bonds. The van der Waals surface area contributed by atoms with Crippen LogP contribution in [0.15, 0.2) is 60.9 Å². The number of benzene rings is 1. The Hall–Kier alpha value is -3.54. The number of amides is 1. The summed E-state index contributed by atoms with van der Waals surface area (Å²) in [7, 11) is 3.24. The van der Waals surface area contributed by atoms with Crippen molar-refractivity contribution in [2.75, 3.05) is 14.2 Å². The van der Waals surface area contributed by atoms with E-state index in [0.29, 0.717) is 11.6 Å². The zero-order chi connectivity index (χ0) is 18.1. The largest absolute Gasteiger partial charge is 0.482 e. The fraction of sp³-hybridized carbons (Fsp3) is 0.100. The molecule has 4 aromatic rings. The molecule has 0 aliphatic heterocycles. The maximum Gasteiger partial charge on any atom is 0.267 e. The predicted octanol–water partition coefficient (Wildman–Crippen LogP) is 3.36. The molecule has 0 aliphatic rings. The van der Waals surface area contributed by atoms with Gasteiger partial charge in [-0.1, -0.05) is 30.3 Å². The number of hydrogen-bond acceptors (Lipinski definition) is 3. The molecule has 6 heteroatoms. The number of aromatic amines is 1. The zero-order valence-corrected chi connectivity index (χ0v) is 14.5. The van der Waals surface area contributed by atoms with Gasteiger partial charge >= 0.3 is 0 Å². The van der Waals surface area contributed by atoms with E-state index in [4.69, 9.17) is 4.74 Å². The summed E-state index contributed by atoms with van der Waals surface area (Å²) in [6, 6.07) is 15.9. The number of H-pyrrole nitrogens is 1. The van der Waals surface area contributed by atoms with Crippen LogP contribution in [-0.4, -0.2) is 34.4 Å². The smallest absolute Gasteiger partial charge is 0.267 e. The summed E-state index contributed by atoms with van der Waals surface area (Å²) in [4.78, 5) is 19.3. The molecule has 0 radical (unpaired) electrons. The van der Waals surface area contributed by atoms with Gasteiger partial charge in [0.2, 0.25) is 0 Å². The van der Waals surface area contributed by atoms with Crippen molar-refractivity contribution in [1.82, 2.24) is 19.7 Å². The van der Waals surface area contributed by atoms with E-state index < -0.39 is 0 Å². The Morgan fingerprint density at radius 3 is 2.65 bits per heavy atom. The Labute approximate surface area is 150 Å². The summed E-state index contributed by atoms with van der Waals surface area (Å²) in [5.41, 5.74) is 5.12. The van der Waals surface area contributed by atoms with Crippen LogP contribution in [0.4, 0.5) is 0 Å². The molecule has 0 unspecified atom stereocenters. The van der Waals surface area contributed by atoms with E-state index in [1.807, 2.05) is 34.7 Å². The fourth-order valence-corrected chi connectivity index (χ4v) is 3.04. The Bertz CT molecular complexity index is 1080. The van der Waals surface area contributed by atoms with Crippen LogP contribution in [0, 0.1) is 0 Å². The summed E-state index contributed by atoms with van der Waals surface area (Å²) in [5.74, 6) is 0.514. The van der Waals surface area contributed by atoms with Crippen molar-refractivity contribution in [3.05, 3.63) is 66.6 Å². The molecule has 0 bridgehead atoms. The number of ether oxygens (including phenoxy) is 1. The summed E-state index contributed by atoms with van der Waals surface area (Å²) < 4.78 is 7.55. The van der Waals surface area contributed by atoms with Crippen LogP contribution < -0.4 is 10.1 Å². The van der Waals surface area contributed by atoms with Gasteiger partial charge in [-0.3, -0.25) is 9.20 Å². The molecule has 130 valence electrons. The maximum absolute atomic E-state index is 11.8. The monoisotopic (exact) mass is 346 g/mol. The number of fused-ring (bicyclic) bond motifs is 1.